The van der Waals surface area contributed by atoms with Crippen molar-refractivity contribution in [1.29, 1.82) is 0 Å². The molecule has 1 unspecified atom stereocenters. The Balaban J connectivity index is 2.23. The van der Waals surface area contributed by atoms with E-state index in [-0.39, 0.29) is 5.44 Å². The quantitative estimate of drug-likeness (QED) is 0.717. The smallest absolute Gasteiger partial charge is 0.124 e. The molecule has 2 nitrogen and oxygen atoms in total. The number of hydrogen-bond donors (Lipinski definition) is 1. The molecule has 2 rings (SSSR count). The Bertz CT molecular complexity index is 277. The highest BCUT2D eigenvalue weighted by molar-refractivity contribution is 8.00. The van der Waals surface area contributed by atoms with Gasteiger partial charge in [-0.05, 0) is 12.1 Å². The summed E-state index contributed by atoms with van der Waals surface area (Å²) in [4.78, 5) is 1.27. The van der Waals surface area contributed by atoms with E-state index in [1.54, 1.807) is 18.9 Å². The highest BCUT2D eigenvalue weighted by atomic mass is 32.2. The predicted molar refractivity (Wildman–Crippen MR) is 51.6 cm³/mol. The molecule has 1 aliphatic heterocycles. The summed E-state index contributed by atoms with van der Waals surface area (Å²) in [6, 6.07) is 8.29. The van der Waals surface area contributed by atoms with Gasteiger partial charge in [-0.1, -0.05) is 23.9 Å². The number of para-hydroxylation sites is 1. The van der Waals surface area contributed by atoms with Crippen LogP contribution in [-0.2, 0) is 4.74 Å². The van der Waals surface area contributed by atoms with E-state index in [0.29, 0.717) is 0 Å². The molecule has 1 atom stereocenters. The first-order valence-electron chi connectivity index (χ1n) is 3.92. The molecule has 0 fully saturated rings. The van der Waals surface area contributed by atoms with Crippen molar-refractivity contribution >= 4 is 17.4 Å². The monoisotopic (exact) mass is 181 g/mol. The largest absolute Gasteiger partial charge is 0.381 e. The average molecular weight is 181 g/mol. The van der Waals surface area contributed by atoms with Crippen molar-refractivity contribution in [3.63, 3.8) is 0 Å². The zero-order valence-electron chi connectivity index (χ0n) is 6.91. The molecule has 1 aromatic rings. The fraction of sp³-hybridized carbons (Fsp3) is 0.333. The Labute approximate surface area is 76.3 Å². The molecule has 3 heteroatoms. The lowest BCUT2D eigenvalue weighted by Crippen LogP contribution is -2.22. The van der Waals surface area contributed by atoms with Gasteiger partial charge < -0.3 is 10.1 Å². The normalized spacial score (nSPS) is 21.2. The molecule has 1 N–H and O–H groups in total. The van der Waals surface area contributed by atoms with Gasteiger partial charge in [-0.15, -0.1) is 0 Å². The minimum absolute atomic E-state index is 0.250. The van der Waals surface area contributed by atoms with Crippen molar-refractivity contribution in [1.82, 2.24) is 0 Å². The third kappa shape index (κ3) is 1.42. The number of anilines is 1. The fourth-order valence-corrected chi connectivity index (χ4v) is 2.19. The molecule has 0 saturated carbocycles. The van der Waals surface area contributed by atoms with Crippen molar-refractivity contribution < 1.29 is 4.74 Å². The summed E-state index contributed by atoms with van der Waals surface area (Å²) in [6.45, 7) is 0.887. The van der Waals surface area contributed by atoms with Crippen molar-refractivity contribution in [3.8, 4) is 0 Å². The first kappa shape index (κ1) is 7.95. The molecular weight excluding hydrogens is 170 g/mol. The van der Waals surface area contributed by atoms with Crippen molar-refractivity contribution in [3.05, 3.63) is 24.3 Å². The van der Waals surface area contributed by atoms with Crippen LogP contribution in [0, 0.1) is 0 Å². The topological polar surface area (TPSA) is 21.3 Å². The number of methoxy groups -OCH3 is 1. The molecule has 0 aliphatic carbocycles. The van der Waals surface area contributed by atoms with Gasteiger partial charge in [0, 0.05) is 17.7 Å². The lowest BCUT2D eigenvalue weighted by Gasteiger charge is -2.23. The lowest BCUT2D eigenvalue weighted by atomic mass is 10.3. The summed E-state index contributed by atoms with van der Waals surface area (Å²) in [6.07, 6.45) is 0. The van der Waals surface area contributed by atoms with E-state index < -0.39 is 0 Å². The van der Waals surface area contributed by atoms with Crippen molar-refractivity contribution in [2.24, 2.45) is 0 Å². The van der Waals surface area contributed by atoms with Crippen LogP contribution in [0.5, 0.6) is 0 Å². The number of nitrogens with one attached hydrogen (secondary N) is 1. The van der Waals surface area contributed by atoms with Gasteiger partial charge in [-0.3, -0.25) is 0 Å². The molecular formula is C9H11NOS. The number of ether oxygens (including phenoxy) is 1. The molecule has 1 aliphatic rings. The van der Waals surface area contributed by atoms with Gasteiger partial charge in [0.25, 0.3) is 0 Å². The molecule has 0 radical (unpaired) electrons. The highest BCUT2D eigenvalue weighted by Gasteiger charge is 2.16. The van der Waals surface area contributed by atoms with E-state index in [4.69, 9.17) is 4.74 Å². The number of thioether (sulfide) groups is 1. The van der Waals surface area contributed by atoms with E-state index in [2.05, 4.69) is 17.4 Å². The van der Waals surface area contributed by atoms with Gasteiger partial charge in [-0.25, -0.2) is 0 Å². The zero-order chi connectivity index (χ0) is 8.39. The Kier molecular flexibility index (Phi) is 2.23. The summed E-state index contributed by atoms with van der Waals surface area (Å²) < 4.78 is 5.25. The maximum atomic E-state index is 5.25. The number of rotatable bonds is 1. The Morgan fingerprint density at radius 1 is 1.50 bits per heavy atom. The van der Waals surface area contributed by atoms with Gasteiger partial charge in [0.05, 0.1) is 6.54 Å². The van der Waals surface area contributed by atoms with Gasteiger partial charge in [0.1, 0.15) is 5.44 Å². The van der Waals surface area contributed by atoms with Gasteiger partial charge >= 0.3 is 0 Å². The van der Waals surface area contributed by atoms with E-state index in [1.165, 1.54) is 10.6 Å². The fourth-order valence-electron chi connectivity index (χ4n) is 1.22. The van der Waals surface area contributed by atoms with Gasteiger partial charge in [-0.2, -0.15) is 0 Å². The highest BCUT2D eigenvalue weighted by Crippen LogP contribution is 2.34. The average Bonchev–Trinajstić information content (AvgIpc) is 2.17. The SMILES string of the molecule is COC1CNc2ccccc2S1. The second kappa shape index (κ2) is 3.37. The second-order valence-electron chi connectivity index (χ2n) is 2.66. The first-order chi connectivity index (χ1) is 5.90. The minimum Gasteiger partial charge on any atom is -0.381 e. The minimum atomic E-state index is 0.250. The third-order valence-electron chi connectivity index (χ3n) is 1.87. The molecule has 0 saturated heterocycles. The number of fused-ring (bicyclic) bond motifs is 1. The maximum Gasteiger partial charge on any atom is 0.124 e. The summed E-state index contributed by atoms with van der Waals surface area (Å²) in [7, 11) is 1.74. The van der Waals surface area contributed by atoms with Crippen LogP contribution in [0.4, 0.5) is 5.69 Å². The van der Waals surface area contributed by atoms with Crippen LogP contribution in [0.15, 0.2) is 29.2 Å². The molecule has 0 spiro atoms. The molecule has 0 aromatic heterocycles. The summed E-state index contributed by atoms with van der Waals surface area (Å²) in [5, 5.41) is 3.32. The van der Waals surface area contributed by atoms with Crippen LogP contribution in [0.25, 0.3) is 0 Å². The Morgan fingerprint density at radius 2 is 2.33 bits per heavy atom. The van der Waals surface area contributed by atoms with Crippen molar-refractivity contribution in [2.45, 2.75) is 10.3 Å². The molecule has 0 amide bonds. The summed E-state index contributed by atoms with van der Waals surface area (Å²) >= 11 is 1.77. The standard InChI is InChI=1S/C9H11NOS/c1-11-9-6-10-7-4-2-3-5-8(7)12-9/h2-5,9-10H,6H2,1H3. The molecule has 1 aromatic carbocycles. The van der Waals surface area contributed by atoms with Crippen LogP contribution in [0.2, 0.25) is 0 Å². The zero-order valence-corrected chi connectivity index (χ0v) is 7.73. The molecule has 0 bridgehead atoms. The van der Waals surface area contributed by atoms with Gasteiger partial charge in [0.15, 0.2) is 0 Å². The predicted octanol–water partition coefficient (Wildman–Crippen LogP) is 2.18. The molecule has 12 heavy (non-hydrogen) atoms. The summed E-state index contributed by atoms with van der Waals surface area (Å²) in [5.74, 6) is 0. The van der Waals surface area contributed by atoms with Gasteiger partial charge in [0.2, 0.25) is 0 Å². The van der Waals surface area contributed by atoms with Crippen LogP contribution in [0.1, 0.15) is 0 Å². The lowest BCUT2D eigenvalue weighted by molar-refractivity contribution is 0.181. The Hall–Kier alpha value is -0.670. The van der Waals surface area contributed by atoms with E-state index in [0.717, 1.165) is 6.54 Å². The molecule has 64 valence electrons. The molecule has 1 heterocycles. The third-order valence-corrected chi connectivity index (χ3v) is 3.10. The number of benzene rings is 1. The first-order valence-corrected chi connectivity index (χ1v) is 4.80. The summed E-state index contributed by atoms with van der Waals surface area (Å²) in [5.41, 5.74) is 1.47. The van der Waals surface area contributed by atoms with Crippen LogP contribution < -0.4 is 5.32 Å². The Morgan fingerprint density at radius 3 is 3.17 bits per heavy atom. The van der Waals surface area contributed by atoms with E-state index >= 15 is 0 Å². The number of hydrogen-bond acceptors (Lipinski definition) is 3. The second-order valence-corrected chi connectivity index (χ2v) is 3.86. The van der Waals surface area contributed by atoms with Crippen molar-refractivity contribution in [2.75, 3.05) is 19.0 Å². The van der Waals surface area contributed by atoms with Crippen LogP contribution in [-0.4, -0.2) is 19.1 Å². The van der Waals surface area contributed by atoms with E-state index in [1.807, 2.05) is 12.1 Å². The van der Waals surface area contributed by atoms with Crippen LogP contribution >= 0.6 is 11.8 Å². The maximum absolute atomic E-state index is 5.25. The van der Waals surface area contributed by atoms with E-state index in [9.17, 15) is 0 Å². The van der Waals surface area contributed by atoms with Crippen LogP contribution in [0.3, 0.4) is 0 Å².